The summed E-state index contributed by atoms with van der Waals surface area (Å²) < 4.78 is 16.7. The first-order valence-corrected chi connectivity index (χ1v) is 28.9. The Kier molecular flexibility index (Phi) is 45.8. The van der Waals surface area contributed by atoms with E-state index >= 15 is 0 Å². The van der Waals surface area contributed by atoms with E-state index in [2.05, 4.69) is 55.6 Å². The lowest BCUT2D eigenvalue weighted by molar-refractivity contribution is -0.302. The van der Waals surface area contributed by atoms with Gasteiger partial charge in [-0.2, -0.15) is 0 Å². The molecule has 1 heterocycles. The average molecular weight is 991 g/mol. The Labute approximate surface area is 427 Å². The van der Waals surface area contributed by atoms with Crippen molar-refractivity contribution in [3.8, 4) is 0 Å². The third-order valence-corrected chi connectivity index (χ3v) is 13.4. The number of amides is 1. The van der Waals surface area contributed by atoms with E-state index in [1.807, 2.05) is 6.08 Å². The van der Waals surface area contributed by atoms with Crippen LogP contribution in [-0.2, 0) is 23.8 Å². The maximum Gasteiger partial charge on any atom is 0.305 e. The Morgan fingerprint density at radius 1 is 0.514 bits per heavy atom. The van der Waals surface area contributed by atoms with Gasteiger partial charge in [0.1, 0.15) is 24.4 Å². The fraction of sp³-hybridized carbons (Fsp3) is 0.831. The second-order valence-corrected chi connectivity index (χ2v) is 20.0. The highest BCUT2D eigenvalue weighted by Gasteiger charge is 2.44. The van der Waals surface area contributed by atoms with E-state index in [-0.39, 0.29) is 18.5 Å². The highest BCUT2D eigenvalue weighted by Crippen LogP contribution is 2.23. The molecule has 7 unspecified atom stereocenters. The number of hydrogen-bond acceptors (Lipinski definition) is 10. The number of rotatable bonds is 49. The summed E-state index contributed by atoms with van der Waals surface area (Å²) in [6.07, 6.45) is 50.5. The Hall–Kier alpha value is -2.38. The number of allylic oxidation sites excluding steroid dienone is 7. The van der Waals surface area contributed by atoms with Crippen LogP contribution in [0.5, 0.6) is 0 Å². The van der Waals surface area contributed by atoms with E-state index in [4.69, 9.17) is 14.2 Å². The zero-order valence-corrected chi connectivity index (χ0v) is 44.7. The molecule has 1 aliphatic rings. The normalized spacial score (nSPS) is 19.6. The van der Waals surface area contributed by atoms with Crippen LogP contribution in [0.4, 0.5) is 0 Å². The molecule has 11 heteroatoms. The van der Waals surface area contributed by atoms with Crippen molar-refractivity contribution in [2.75, 3.05) is 19.8 Å². The van der Waals surface area contributed by atoms with Gasteiger partial charge in [0.05, 0.1) is 32.0 Å². The molecule has 1 amide bonds. The third-order valence-electron chi connectivity index (χ3n) is 13.4. The SMILES string of the molecule is CCCC/C=C\CCCCCCCC(=O)OCCCCCCCCCCC/C=C\CCCCCCCC(=O)NC(COC1OC(CO)C(O)C(O)C1O)C(O)/C=C/CC/C=C/CCCCCCCCC. The molecule has 0 bridgehead atoms. The number of carbonyl (C=O) groups excluding carboxylic acids is 2. The zero-order valence-electron chi connectivity index (χ0n) is 44.7. The molecule has 7 atom stereocenters. The Bertz CT molecular complexity index is 1300. The topological polar surface area (TPSA) is 175 Å². The minimum Gasteiger partial charge on any atom is -0.466 e. The molecule has 0 aromatic heterocycles. The zero-order chi connectivity index (χ0) is 51.0. The number of esters is 1. The predicted octanol–water partition coefficient (Wildman–Crippen LogP) is 12.9. The quantitative estimate of drug-likeness (QED) is 0.0196. The van der Waals surface area contributed by atoms with Crippen molar-refractivity contribution in [3.05, 3.63) is 48.6 Å². The summed E-state index contributed by atoms with van der Waals surface area (Å²) in [6.45, 7) is 4.25. The first-order valence-electron chi connectivity index (χ1n) is 28.9. The fourth-order valence-corrected chi connectivity index (χ4v) is 8.72. The molecule has 0 radical (unpaired) electrons. The highest BCUT2D eigenvalue weighted by molar-refractivity contribution is 5.76. The molecule has 0 aromatic rings. The molecule has 11 nitrogen and oxygen atoms in total. The summed E-state index contributed by atoms with van der Waals surface area (Å²) in [6, 6.07) is -0.838. The first kappa shape index (κ1) is 65.6. The molecule has 6 N–H and O–H groups in total. The second kappa shape index (κ2) is 48.9. The van der Waals surface area contributed by atoms with Gasteiger partial charge in [0, 0.05) is 12.8 Å². The van der Waals surface area contributed by atoms with Gasteiger partial charge in [0.2, 0.25) is 5.91 Å². The van der Waals surface area contributed by atoms with Crippen LogP contribution in [0.1, 0.15) is 251 Å². The molecule has 0 saturated carbocycles. The van der Waals surface area contributed by atoms with Crippen LogP contribution in [-0.4, -0.2) is 100 Å². The number of ether oxygens (including phenoxy) is 3. The number of aliphatic hydroxyl groups is 5. The average Bonchev–Trinajstić information content (AvgIpc) is 3.36. The number of nitrogens with one attached hydrogen (secondary N) is 1. The lowest BCUT2D eigenvalue weighted by atomic mass is 9.99. The third kappa shape index (κ3) is 38.3. The number of aliphatic hydroxyl groups excluding tert-OH is 5. The Morgan fingerprint density at radius 2 is 0.943 bits per heavy atom. The Balaban J connectivity index is 2.14. The molecule has 1 fully saturated rings. The van der Waals surface area contributed by atoms with Gasteiger partial charge < -0.3 is 45.1 Å². The lowest BCUT2D eigenvalue weighted by Crippen LogP contribution is -2.60. The smallest absolute Gasteiger partial charge is 0.305 e. The molecule has 1 rings (SSSR count). The van der Waals surface area contributed by atoms with Crippen LogP contribution in [0.15, 0.2) is 48.6 Å². The van der Waals surface area contributed by atoms with Crippen LogP contribution >= 0.6 is 0 Å². The molecule has 408 valence electrons. The van der Waals surface area contributed by atoms with Crippen molar-refractivity contribution < 1.29 is 49.3 Å². The van der Waals surface area contributed by atoms with E-state index in [0.717, 1.165) is 89.9 Å². The standard InChI is InChI=1S/C59H107NO10/c1-3-5-7-9-11-13-15-22-26-29-33-37-41-45-52(62)51(50-69-59-58(67)57(66)56(65)53(49-61)70-59)60-54(63)46-42-38-34-30-27-23-20-18-16-17-19-21-24-28-32-36-40-44-48-68-55(64)47-43-39-35-31-25-14-12-10-8-6-4-2/h10,12,18,20,26,29,41,45,51-53,56-59,61-62,65-67H,3-9,11,13-17,19,21-25,27-28,30-40,42-44,46-50H2,1-2H3,(H,60,63)/b12-10-,20-18-,29-26+,45-41+. The van der Waals surface area contributed by atoms with E-state index < -0.39 is 49.5 Å². The van der Waals surface area contributed by atoms with Crippen molar-refractivity contribution in [2.24, 2.45) is 0 Å². The van der Waals surface area contributed by atoms with Crippen molar-refractivity contribution in [1.82, 2.24) is 5.32 Å². The summed E-state index contributed by atoms with van der Waals surface area (Å²) in [5.41, 5.74) is 0. The number of hydrogen-bond donors (Lipinski definition) is 6. The van der Waals surface area contributed by atoms with Gasteiger partial charge in [-0.1, -0.05) is 197 Å². The second-order valence-electron chi connectivity index (χ2n) is 20.0. The van der Waals surface area contributed by atoms with Gasteiger partial charge >= 0.3 is 5.97 Å². The van der Waals surface area contributed by atoms with E-state index in [1.54, 1.807) is 6.08 Å². The monoisotopic (exact) mass is 990 g/mol. The summed E-state index contributed by atoms with van der Waals surface area (Å²) in [5, 5.41) is 54.3. The van der Waals surface area contributed by atoms with Gasteiger partial charge in [-0.3, -0.25) is 9.59 Å². The van der Waals surface area contributed by atoms with Crippen LogP contribution < -0.4 is 5.32 Å². The molecule has 0 spiro atoms. The van der Waals surface area contributed by atoms with Gasteiger partial charge in [-0.25, -0.2) is 0 Å². The molecule has 1 saturated heterocycles. The van der Waals surface area contributed by atoms with Crippen LogP contribution in [0, 0.1) is 0 Å². The molecule has 70 heavy (non-hydrogen) atoms. The first-order chi connectivity index (χ1) is 34.2. The Morgan fingerprint density at radius 3 is 1.46 bits per heavy atom. The minimum atomic E-state index is -1.58. The predicted molar refractivity (Wildman–Crippen MR) is 287 cm³/mol. The van der Waals surface area contributed by atoms with Crippen molar-refractivity contribution in [2.45, 2.75) is 294 Å². The molecular formula is C59H107NO10. The van der Waals surface area contributed by atoms with E-state index in [0.29, 0.717) is 19.4 Å². The largest absolute Gasteiger partial charge is 0.466 e. The fourth-order valence-electron chi connectivity index (χ4n) is 8.72. The molecule has 1 aliphatic heterocycles. The van der Waals surface area contributed by atoms with Crippen LogP contribution in [0.25, 0.3) is 0 Å². The van der Waals surface area contributed by atoms with E-state index in [9.17, 15) is 35.1 Å². The number of unbranched alkanes of at least 4 members (excludes halogenated alkanes) is 29. The molecule has 0 aromatic carbocycles. The maximum atomic E-state index is 13.0. The van der Waals surface area contributed by atoms with Gasteiger partial charge in [0.15, 0.2) is 6.29 Å². The number of carbonyl (C=O) groups is 2. The van der Waals surface area contributed by atoms with Crippen molar-refractivity contribution in [1.29, 1.82) is 0 Å². The molecular weight excluding hydrogens is 883 g/mol. The summed E-state index contributed by atoms with van der Waals surface area (Å²) >= 11 is 0. The minimum absolute atomic E-state index is 0.0252. The summed E-state index contributed by atoms with van der Waals surface area (Å²) in [4.78, 5) is 25.0. The van der Waals surface area contributed by atoms with Gasteiger partial charge in [0.25, 0.3) is 0 Å². The maximum absolute atomic E-state index is 13.0. The summed E-state index contributed by atoms with van der Waals surface area (Å²) in [7, 11) is 0. The van der Waals surface area contributed by atoms with Gasteiger partial charge in [-0.15, -0.1) is 0 Å². The summed E-state index contributed by atoms with van der Waals surface area (Å²) in [5.74, 6) is -0.233. The lowest BCUT2D eigenvalue weighted by Gasteiger charge is -2.40. The van der Waals surface area contributed by atoms with Crippen molar-refractivity contribution >= 4 is 11.9 Å². The van der Waals surface area contributed by atoms with Crippen LogP contribution in [0.2, 0.25) is 0 Å². The van der Waals surface area contributed by atoms with Gasteiger partial charge in [-0.05, 0) is 89.9 Å². The van der Waals surface area contributed by atoms with Crippen molar-refractivity contribution in [3.63, 3.8) is 0 Å². The molecule has 0 aliphatic carbocycles. The highest BCUT2D eigenvalue weighted by atomic mass is 16.7. The van der Waals surface area contributed by atoms with E-state index in [1.165, 1.54) is 135 Å². The van der Waals surface area contributed by atoms with Crippen LogP contribution in [0.3, 0.4) is 0 Å².